The Morgan fingerprint density at radius 1 is 1.25 bits per heavy atom. The second-order valence-electron chi connectivity index (χ2n) is 5.94. The van der Waals surface area contributed by atoms with Crippen LogP contribution in [0.15, 0.2) is 46.9 Å². The van der Waals surface area contributed by atoms with E-state index in [0.717, 1.165) is 24.8 Å². The van der Waals surface area contributed by atoms with E-state index in [1.165, 1.54) is 6.07 Å². The smallest absolute Gasteiger partial charge is 0.144 e. The van der Waals surface area contributed by atoms with Gasteiger partial charge in [-0.3, -0.25) is 0 Å². The summed E-state index contributed by atoms with van der Waals surface area (Å²) in [6, 6.07) is 15.1. The van der Waals surface area contributed by atoms with Crippen molar-refractivity contribution >= 4 is 21.6 Å². The summed E-state index contributed by atoms with van der Waals surface area (Å²) in [5.41, 5.74) is 1.70. The molecule has 0 radical (unpaired) electrons. The number of nitrogens with zero attached hydrogens (tertiary/aromatic N) is 1. The molecule has 0 aromatic heterocycles. The molecule has 2 atom stereocenters. The van der Waals surface area contributed by atoms with Crippen LogP contribution in [0.2, 0.25) is 0 Å². The van der Waals surface area contributed by atoms with Gasteiger partial charge in [0, 0.05) is 4.47 Å². The van der Waals surface area contributed by atoms with Crippen molar-refractivity contribution in [2.45, 2.75) is 38.0 Å². The molecule has 0 aliphatic heterocycles. The van der Waals surface area contributed by atoms with Gasteiger partial charge >= 0.3 is 0 Å². The molecule has 1 aliphatic rings. The molecule has 124 valence electrons. The predicted molar refractivity (Wildman–Crippen MR) is 95.1 cm³/mol. The third kappa shape index (κ3) is 3.95. The molecule has 5 heteroatoms. The largest absolute Gasteiger partial charge is 0.379 e. The first kappa shape index (κ1) is 16.9. The van der Waals surface area contributed by atoms with E-state index in [4.69, 9.17) is 4.74 Å². The van der Waals surface area contributed by atoms with E-state index in [1.54, 1.807) is 6.07 Å². The first-order valence-corrected chi connectivity index (χ1v) is 8.78. The zero-order valence-electron chi connectivity index (χ0n) is 13.1. The maximum absolute atomic E-state index is 13.9. The predicted octanol–water partition coefficient (Wildman–Crippen LogP) is 5.01. The van der Waals surface area contributed by atoms with Crippen LogP contribution in [-0.2, 0) is 11.3 Å². The highest BCUT2D eigenvalue weighted by Gasteiger charge is 2.29. The van der Waals surface area contributed by atoms with Gasteiger partial charge < -0.3 is 10.1 Å². The van der Waals surface area contributed by atoms with Gasteiger partial charge in [0.25, 0.3) is 0 Å². The number of nitrogens with one attached hydrogen (secondary N) is 1. The minimum absolute atomic E-state index is 0.0481. The molecule has 0 heterocycles. The summed E-state index contributed by atoms with van der Waals surface area (Å²) in [6.07, 6.45) is 3.01. The Bertz CT molecular complexity index is 745. The van der Waals surface area contributed by atoms with E-state index in [2.05, 4.69) is 21.2 Å². The summed E-state index contributed by atoms with van der Waals surface area (Å²) in [7, 11) is 0. The van der Waals surface area contributed by atoms with Gasteiger partial charge in [-0.05, 0) is 37.0 Å². The number of anilines is 1. The molecule has 1 aliphatic carbocycles. The zero-order valence-corrected chi connectivity index (χ0v) is 14.7. The first-order valence-electron chi connectivity index (χ1n) is 7.98. The number of rotatable bonds is 5. The molecule has 24 heavy (non-hydrogen) atoms. The van der Waals surface area contributed by atoms with Gasteiger partial charge in [0.1, 0.15) is 17.4 Å². The fourth-order valence-electron chi connectivity index (χ4n) is 3.07. The van der Waals surface area contributed by atoms with Gasteiger partial charge in [-0.15, -0.1) is 0 Å². The highest BCUT2D eigenvalue weighted by atomic mass is 79.9. The van der Waals surface area contributed by atoms with Crippen molar-refractivity contribution < 1.29 is 9.13 Å². The maximum Gasteiger partial charge on any atom is 0.144 e. The summed E-state index contributed by atoms with van der Waals surface area (Å²) in [4.78, 5) is 0. The molecule has 2 aromatic rings. The fourth-order valence-corrected chi connectivity index (χ4v) is 3.50. The lowest BCUT2D eigenvalue weighted by atomic mass is 10.1. The van der Waals surface area contributed by atoms with Crippen LogP contribution in [0.3, 0.4) is 0 Å². The Labute approximate surface area is 149 Å². The van der Waals surface area contributed by atoms with E-state index in [1.807, 2.05) is 36.4 Å². The zero-order chi connectivity index (χ0) is 16.9. The molecule has 0 bridgehead atoms. The fraction of sp³-hybridized carbons (Fsp3) is 0.316. The molecule has 1 fully saturated rings. The highest BCUT2D eigenvalue weighted by Crippen LogP contribution is 2.30. The van der Waals surface area contributed by atoms with Crippen molar-refractivity contribution in [3.05, 3.63) is 63.9 Å². The molecule has 3 rings (SSSR count). The third-order valence-corrected chi connectivity index (χ3v) is 4.72. The summed E-state index contributed by atoms with van der Waals surface area (Å²) in [6.45, 7) is 0.557. The van der Waals surface area contributed by atoms with Gasteiger partial charge in [-0.25, -0.2) is 4.39 Å². The van der Waals surface area contributed by atoms with E-state index in [-0.39, 0.29) is 17.7 Å². The van der Waals surface area contributed by atoms with Gasteiger partial charge in [-0.1, -0.05) is 46.3 Å². The Balaban J connectivity index is 1.69. The molecule has 0 spiro atoms. The summed E-state index contributed by atoms with van der Waals surface area (Å²) < 4.78 is 20.6. The number of halogens is 2. The van der Waals surface area contributed by atoms with Crippen molar-refractivity contribution in [3.8, 4) is 6.07 Å². The second kappa shape index (κ2) is 7.78. The summed E-state index contributed by atoms with van der Waals surface area (Å²) in [5.74, 6) is -0.519. The Morgan fingerprint density at radius 3 is 2.79 bits per heavy atom. The number of hydrogen-bond acceptors (Lipinski definition) is 3. The highest BCUT2D eigenvalue weighted by molar-refractivity contribution is 9.10. The molecule has 1 saturated carbocycles. The van der Waals surface area contributed by atoms with Gasteiger partial charge in [-0.2, -0.15) is 5.26 Å². The lowest BCUT2D eigenvalue weighted by Crippen LogP contribution is -2.31. The molecule has 2 aromatic carbocycles. The SMILES string of the molecule is N#Cc1c(F)cc(Br)cc1NC1CCCC1OCc1ccccc1. The minimum atomic E-state index is -0.519. The molecule has 0 saturated heterocycles. The van der Waals surface area contributed by atoms with Crippen LogP contribution in [0.1, 0.15) is 30.4 Å². The third-order valence-electron chi connectivity index (χ3n) is 4.27. The monoisotopic (exact) mass is 388 g/mol. The van der Waals surface area contributed by atoms with Crippen LogP contribution in [0.5, 0.6) is 0 Å². The van der Waals surface area contributed by atoms with Crippen molar-refractivity contribution in [1.82, 2.24) is 0 Å². The van der Waals surface area contributed by atoms with Crippen LogP contribution in [0.4, 0.5) is 10.1 Å². The van der Waals surface area contributed by atoms with Crippen LogP contribution in [0.25, 0.3) is 0 Å². The van der Waals surface area contributed by atoms with Crippen molar-refractivity contribution in [2.24, 2.45) is 0 Å². The number of ether oxygens (including phenoxy) is 1. The number of nitriles is 1. The van der Waals surface area contributed by atoms with E-state index in [9.17, 15) is 9.65 Å². The Morgan fingerprint density at radius 2 is 2.04 bits per heavy atom. The summed E-state index contributed by atoms with van der Waals surface area (Å²) >= 11 is 3.28. The molecular formula is C19H18BrFN2O. The van der Waals surface area contributed by atoms with Crippen LogP contribution in [0, 0.1) is 17.1 Å². The molecule has 0 amide bonds. The molecule has 3 nitrogen and oxygen atoms in total. The van der Waals surface area contributed by atoms with E-state index < -0.39 is 5.82 Å². The van der Waals surface area contributed by atoms with Crippen molar-refractivity contribution in [1.29, 1.82) is 5.26 Å². The number of hydrogen-bond donors (Lipinski definition) is 1. The van der Waals surface area contributed by atoms with Crippen molar-refractivity contribution in [3.63, 3.8) is 0 Å². The quantitative estimate of drug-likeness (QED) is 0.782. The topological polar surface area (TPSA) is 45.0 Å². The second-order valence-corrected chi connectivity index (χ2v) is 6.85. The average molecular weight is 389 g/mol. The molecular weight excluding hydrogens is 371 g/mol. The molecule has 2 unspecified atom stereocenters. The summed E-state index contributed by atoms with van der Waals surface area (Å²) in [5, 5.41) is 12.5. The Hall–Kier alpha value is -1.90. The molecule has 1 N–H and O–H groups in total. The Kier molecular flexibility index (Phi) is 5.49. The van der Waals surface area contributed by atoms with Gasteiger partial charge in [0.15, 0.2) is 0 Å². The first-order chi connectivity index (χ1) is 11.7. The van der Waals surface area contributed by atoms with E-state index in [0.29, 0.717) is 16.8 Å². The van der Waals surface area contributed by atoms with Crippen LogP contribution in [-0.4, -0.2) is 12.1 Å². The van der Waals surface area contributed by atoms with Crippen LogP contribution < -0.4 is 5.32 Å². The van der Waals surface area contributed by atoms with Crippen molar-refractivity contribution in [2.75, 3.05) is 5.32 Å². The standard InChI is InChI=1S/C19H18BrFN2O/c20-14-9-16(21)15(11-22)18(10-14)23-17-7-4-8-19(17)24-12-13-5-2-1-3-6-13/h1-3,5-6,9-10,17,19,23H,4,7-8,12H2. The lowest BCUT2D eigenvalue weighted by Gasteiger charge is -2.23. The number of benzene rings is 2. The normalized spacial score (nSPS) is 19.9. The average Bonchev–Trinajstić information content (AvgIpc) is 3.01. The lowest BCUT2D eigenvalue weighted by molar-refractivity contribution is 0.0394. The van der Waals surface area contributed by atoms with Gasteiger partial charge in [0.05, 0.1) is 24.4 Å². The minimum Gasteiger partial charge on any atom is -0.379 e. The van der Waals surface area contributed by atoms with Crippen LogP contribution >= 0.6 is 15.9 Å². The maximum atomic E-state index is 13.9. The van der Waals surface area contributed by atoms with Gasteiger partial charge in [0.2, 0.25) is 0 Å². The van der Waals surface area contributed by atoms with E-state index >= 15 is 0 Å².